The van der Waals surface area contributed by atoms with Crippen LogP contribution < -0.4 is 5.73 Å². The molecule has 3 N–H and O–H groups in total. The minimum Gasteiger partial charge on any atom is -0.396 e. The maximum Gasteiger partial charge on any atom is 0.255 e. The molecule has 4 nitrogen and oxygen atoms in total. The van der Waals surface area contributed by atoms with Gasteiger partial charge in [-0.15, -0.1) is 0 Å². The van der Waals surface area contributed by atoms with Gasteiger partial charge in [0.2, 0.25) is 0 Å². The molecule has 0 aliphatic carbocycles. The molecule has 0 spiro atoms. The third-order valence-corrected chi connectivity index (χ3v) is 3.82. The number of nitrogen functional groups attached to an aromatic ring is 1. The molecule has 1 heterocycles. The first kappa shape index (κ1) is 13.3. The van der Waals surface area contributed by atoms with Crippen LogP contribution in [0.2, 0.25) is 0 Å². The standard InChI is InChI=1S/C12H14BrFN2O2/c13-9-5-10(14)11(15)4-8(9)12(18)16-3-1-2-7(16)6-17/h4-5,7,17H,1-3,6,15H2/t7-/m0/s1. The molecule has 6 heteroatoms. The van der Waals surface area contributed by atoms with Crippen molar-refractivity contribution in [1.29, 1.82) is 0 Å². The molecule has 1 aliphatic heterocycles. The van der Waals surface area contributed by atoms with Crippen molar-refractivity contribution < 1.29 is 14.3 Å². The molecule has 1 aromatic rings. The molecule has 1 aromatic carbocycles. The molecule has 18 heavy (non-hydrogen) atoms. The number of benzene rings is 1. The molecule has 1 aliphatic rings. The summed E-state index contributed by atoms with van der Waals surface area (Å²) in [6.45, 7) is 0.549. The predicted molar refractivity (Wildman–Crippen MR) is 69.7 cm³/mol. The maximum atomic E-state index is 13.2. The zero-order chi connectivity index (χ0) is 13.3. The average Bonchev–Trinajstić information content (AvgIpc) is 2.81. The van der Waals surface area contributed by atoms with Crippen LogP contribution in [0.4, 0.5) is 10.1 Å². The van der Waals surface area contributed by atoms with Gasteiger partial charge < -0.3 is 15.7 Å². The molecule has 98 valence electrons. The highest BCUT2D eigenvalue weighted by Crippen LogP contribution is 2.27. The summed E-state index contributed by atoms with van der Waals surface area (Å²) in [6, 6.07) is 2.36. The number of carbonyl (C=O) groups is 1. The van der Waals surface area contributed by atoms with Gasteiger partial charge in [-0.3, -0.25) is 4.79 Å². The van der Waals surface area contributed by atoms with Crippen molar-refractivity contribution in [3.05, 3.63) is 28.0 Å². The minimum absolute atomic E-state index is 0.0544. The SMILES string of the molecule is Nc1cc(C(=O)N2CCC[C@H]2CO)c(Br)cc1F. The lowest BCUT2D eigenvalue weighted by Gasteiger charge is -2.23. The van der Waals surface area contributed by atoms with E-state index in [0.29, 0.717) is 16.6 Å². The number of nitrogens with two attached hydrogens (primary N) is 1. The van der Waals surface area contributed by atoms with E-state index in [0.717, 1.165) is 12.8 Å². The molecule has 1 fully saturated rings. The number of anilines is 1. The van der Waals surface area contributed by atoms with Gasteiger partial charge in [-0.25, -0.2) is 4.39 Å². The Hall–Kier alpha value is -1.14. The summed E-state index contributed by atoms with van der Waals surface area (Å²) in [5.41, 5.74) is 5.75. The van der Waals surface area contributed by atoms with Crippen molar-refractivity contribution in [1.82, 2.24) is 4.90 Å². The lowest BCUT2D eigenvalue weighted by atomic mass is 10.1. The fourth-order valence-electron chi connectivity index (χ4n) is 2.18. The van der Waals surface area contributed by atoms with E-state index in [2.05, 4.69) is 15.9 Å². The molecule has 0 saturated carbocycles. The fourth-order valence-corrected chi connectivity index (χ4v) is 2.66. The van der Waals surface area contributed by atoms with Crippen LogP contribution in [0, 0.1) is 5.82 Å². The van der Waals surface area contributed by atoms with E-state index in [1.54, 1.807) is 4.90 Å². The molecule has 0 bridgehead atoms. The van der Waals surface area contributed by atoms with Crippen molar-refractivity contribution in [2.24, 2.45) is 0 Å². The van der Waals surface area contributed by atoms with Crippen LogP contribution in [-0.2, 0) is 0 Å². The Balaban J connectivity index is 2.31. The molecule has 1 amide bonds. The third kappa shape index (κ3) is 2.35. The monoisotopic (exact) mass is 316 g/mol. The number of carbonyl (C=O) groups excluding carboxylic acids is 1. The highest BCUT2D eigenvalue weighted by atomic mass is 79.9. The maximum absolute atomic E-state index is 13.2. The van der Waals surface area contributed by atoms with Crippen molar-refractivity contribution in [2.75, 3.05) is 18.9 Å². The lowest BCUT2D eigenvalue weighted by Crippen LogP contribution is -2.37. The normalized spacial score (nSPS) is 19.3. The summed E-state index contributed by atoms with van der Waals surface area (Å²) in [7, 11) is 0. The number of rotatable bonds is 2. The van der Waals surface area contributed by atoms with Gasteiger partial charge in [0.05, 0.1) is 23.9 Å². The fraction of sp³-hybridized carbons (Fsp3) is 0.417. The first-order chi connectivity index (χ1) is 8.54. The van der Waals surface area contributed by atoms with E-state index in [9.17, 15) is 14.3 Å². The number of halogens is 2. The van der Waals surface area contributed by atoms with E-state index in [1.165, 1.54) is 12.1 Å². The molecule has 0 aromatic heterocycles. The van der Waals surface area contributed by atoms with E-state index in [4.69, 9.17) is 5.73 Å². The van der Waals surface area contributed by atoms with Gasteiger partial charge >= 0.3 is 0 Å². The summed E-state index contributed by atoms with van der Waals surface area (Å²) in [6.07, 6.45) is 1.65. The van der Waals surface area contributed by atoms with Gasteiger partial charge in [-0.2, -0.15) is 0 Å². The average molecular weight is 317 g/mol. The largest absolute Gasteiger partial charge is 0.396 e. The first-order valence-corrected chi connectivity index (χ1v) is 6.50. The second-order valence-corrected chi connectivity index (χ2v) is 5.19. The molecule has 1 saturated heterocycles. The van der Waals surface area contributed by atoms with Crippen LogP contribution in [0.1, 0.15) is 23.2 Å². The second kappa shape index (κ2) is 5.24. The van der Waals surface area contributed by atoms with Crippen molar-refractivity contribution in [3.8, 4) is 0 Å². The summed E-state index contributed by atoms with van der Waals surface area (Å²) < 4.78 is 13.6. The topological polar surface area (TPSA) is 66.6 Å². The van der Waals surface area contributed by atoms with Crippen LogP contribution in [-0.4, -0.2) is 35.1 Å². The Morgan fingerprint density at radius 1 is 1.61 bits per heavy atom. The molecule has 0 radical (unpaired) electrons. The van der Waals surface area contributed by atoms with E-state index in [1.807, 2.05) is 0 Å². The highest BCUT2D eigenvalue weighted by molar-refractivity contribution is 9.10. The molecule has 0 unspecified atom stereocenters. The van der Waals surface area contributed by atoms with Gasteiger partial charge in [0.1, 0.15) is 5.82 Å². The number of aliphatic hydroxyl groups excluding tert-OH is 1. The third-order valence-electron chi connectivity index (χ3n) is 3.17. The van der Waals surface area contributed by atoms with Gasteiger partial charge in [-0.1, -0.05) is 0 Å². The van der Waals surface area contributed by atoms with Gasteiger partial charge in [0.25, 0.3) is 5.91 Å². The Kier molecular flexibility index (Phi) is 3.87. The Bertz CT molecular complexity index is 481. The number of aliphatic hydroxyl groups is 1. The van der Waals surface area contributed by atoms with Crippen LogP contribution in [0.15, 0.2) is 16.6 Å². The van der Waals surface area contributed by atoms with Crippen LogP contribution in [0.5, 0.6) is 0 Å². The van der Waals surface area contributed by atoms with E-state index < -0.39 is 5.82 Å². The number of likely N-dealkylation sites (tertiary alicyclic amines) is 1. The van der Waals surface area contributed by atoms with Crippen molar-refractivity contribution >= 4 is 27.5 Å². The van der Waals surface area contributed by atoms with Crippen molar-refractivity contribution in [3.63, 3.8) is 0 Å². The van der Waals surface area contributed by atoms with Crippen LogP contribution in [0.25, 0.3) is 0 Å². The molecular weight excluding hydrogens is 303 g/mol. The quantitative estimate of drug-likeness (QED) is 0.817. The minimum atomic E-state index is -0.557. The molecule has 1 atom stereocenters. The summed E-state index contributed by atoms with van der Waals surface area (Å²) in [5.74, 6) is -0.788. The predicted octanol–water partition coefficient (Wildman–Crippen LogP) is 1.77. The van der Waals surface area contributed by atoms with Crippen LogP contribution in [0.3, 0.4) is 0 Å². The van der Waals surface area contributed by atoms with Gasteiger partial charge in [-0.05, 0) is 40.9 Å². The van der Waals surface area contributed by atoms with Crippen molar-refractivity contribution in [2.45, 2.75) is 18.9 Å². The highest BCUT2D eigenvalue weighted by Gasteiger charge is 2.30. The van der Waals surface area contributed by atoms with Crippen LogP contribution >= 0.6 is 15.9 Å². The Morgan fingerprint density at radius 2 is 2.33 bits per heavy atom. The first-order valence-electron chi connectivity index (χ1n) is 5.71. The summed E-state index contributed by atoms with van der Waals surface area (Å²) in [4.78, 5) is 13.9. The summed E-state index contributed by atoms with van der Waals surface area (Å²) in [5, 5.41) is 9.21. The number of hydrogen-bond acceptors (Lipinski definition) is 3. The smallest absolute Gasteiger partial charge is 0.255 e. The lowest BCUT2D eigenvalue weighted by molar-refractivity contribution is 0.0676. The number of hydrogen-bond donors (Lipinski definition) is 2. The zero-order valence-corrected chi connectivity index (χ0v) is 11.3. The summed E-state index contributed by atoms with van der Waals surface area (Å²) >= 11 is 3.17. The second-order valence-electron chi connectivity index (χ2n) is 4.33. The molecular formula is C12H14BrFN2O2. The Morgan fingerprint density at radius 3 is 3.00 bits per heavy atom. The van der Waals surface area contributed by atoms with E-state index in [-0.39, 0.29) is 24.2 Å². The van der Waals surface area contributed by atoms with E-state index >= 15 is 0 Å². The number of nitrogens with zero attached hydrogens (tertiary/aromatic N) is 1. The number of amides is 1. The molecule has 2 rings (SSSR count). The zero-order valence-electron chi connectivity index (χ0n) is 9.70. The Labute approximate surface area is 113 Å². The van der Waals surface area contributed by atoms with Gasteiger partial charge in [0.15, 0.2) is 0 Å². The van der Waals surface area contributed by atoms with Gasteiger partial charge in [0, 0.05) is 11.0 Å².